The Morgan fingerprint density at radius 2 is 2.16 bits per heavy atom. The Labute approximate surface area is 123 Å². The highest BCUT2D eigenvalue weighted by Gasteiger charge is 2.14. The molecule has 1 aliphatic heterocycles. The molecule has 2 rings (SSSR count). The molecule has 0 aliphatic carbocycles. The van der Waals surface area contributed by atoms with E-state index in [9.17, 15) is 4.79 Å². The van der Waals surface area contributed by atoms with Crippen LogP contribution in [-0.4, -0.2) is 35.9 Å². The first-order valence-corrected chi connectivity index (χ1v) is 7.14. The van der Waals surface area contributed by atoms with Gasteiger partial charge in [-0.1, -0.05) is 0 Å². The van der Waals surface area contributed by atoms with E-state index in [2.05, 4.69) is 10.6 Å². The number of aromatic hydroxyl groups is 1. The van der Waals surface area contributed by atoms with Crippen molar-refractivity contribution in [3.05, 3.63) is 24.3 Å². The van der Waals surface area contributed by atoms with Gasteiger partial charge in [-0.05, 0) is 43.7 Å². The van der Waals surface area contributed by atoms with Crippen molar-refractivity contribution in [3.63, 3.8) is 0 Å². The molecule has 1 aromatic carbocycles. The van der Waals surface area contributed by atoms with E-state index < -0.39 is 0 Å². The van der Waals surface area contributed by atoms with Crippen LogP contribution in [0.3, 0.4) is 0 Å². The zero-order valence-electron chi connectivity index (χ0n) is 10.6. The number of phenolic OH excluding ortho intramolecular Hbond substituents is 1. The summed E-state index contributed by atoms with van der Waals surface area (Å²) in [5, 5.41) is 15.4. The molecule has 1 atom stereocenters. The predicted octanol–water partition coefficient (Wildman–Crippen LogP) is 1.77. The van der Waals surface area contributed by atoms with Crippen molar-refractivity contribution in [1.82, 2.24) is 10.6 Å². The van der Waals surface area contributed by atoms with Gasteiger partial charge in [-0.2, -0.15) is 0 Å². The van der Waals surface area contributed by atoms with Crippen molar-refractivity contribution >= 4 is 30.1 Å². The second kappa shape index (κ2) is 8.30. The lowest BCUT2D eigenvalue weighted by Gasteiger charge is -2.11. The summed E-state index contributed by atoms with van der Waals surface area (Å²) in [6, 6.07) is 7.32. The molecular formula is C13H19ClN2O2S. The van der Waals surface area contributed by atoms with Gasteiger partial charge in [0.1, 0.15) is 5.75 Å². The molecule has 1 fully saturated rings. The van der Waals surface area contributed by atoms with Crippen LogP contribution < -0.4 is 10.6 Å². The monoisotopic (exact) mass is 302 g/mol. The van der Waals surface area contributed by atoms with Gasteiger partial charge in [0.15, 0.2) is 0 Å². The van der Waals surface area contributed by atoms with Crippen LogP contribution in [-0.2, 0) is 4.79 Å². The van der Waals surface area contributed by atoms with E-state index >= 15 is 0 Å². The maximum absolute atomic E-state index is 11.6. The summed E-state index contributed by atoms with van der Waals surface area (Å²) in [7, 11) is 0. The lowest BCUT2D eigenvalue weighted by atomic mass is 10.2. The van der Waals surface area contributed by atoms with Crippen molar-refractivity contribution in [2.45, 2.75) is 23.8 Å². The van der Waals surface area contributed by atoms with Gasteiger partial charge in [-0.3, -0.25) is 4.79 Å². The summed E-state index contributed by atoms with van der Waals surface area (Å²) in [6.07, 6.45) is 2.34. The zero-order valence-corrected chi connectivity index (χ0v) is 12.2. The number of amides is 1. The molecule has 1 heterocycles. The SMILES string of the molecule is Cl.O=C(CSc1ccc(O)cc1)NCC1CCCN1. The first-order valence-electron chi connectivity index (χ1n) is 6.16. The predicted molar refractivity (Wildman–Crippen MR) is 80.1 cm³/mol. The van der Waals surface area contributed by atoms with Crippen molar-refractivity contribution in [2.75, 3.05) is 18.8 Å². The normalized spacial score (nSPS) is 17.8. The largest absolute Gasteiger partial charge is 0.508 e. The van der Waals surface area contributed by atoms with Crippen LogP contribution >= 0.6 is 24.2 Å². The smallest absolute Gasteiger partial charge is 0.230 e. The van der Waals surface area contributed by atoms with E-state index in [1.807, 2.05) is 12.1 Å². The third-order valence-corrected chi connectivity index (χ3v) is 3.93. The summed E-state index contributed by atoms with van der Waals surface area (Å²) >= 11 is 1.48. The van der Waals surface area contributed by atoms with Gasteiger partial charge in [0.25, 0.3) is 0 Å². The number of halogens is 1. The molecule has 19 heavy (non-hydrogen) atoms. The first kappa shape index (κ1) is 16.1. The Kier molecular flexibility index (Phi) is 7.05. The van der Waals surface area contributed by atoms with Gasteiger partial charge < -0.3 is 15.7 Å². The van der Waals surface area contributed by atoms with Crippen LogP contribution in [0.5, 0.6) is 5.75 Å². The first-order chi connectivity index (χ1) is 8.74. The molecule has 1 saturated heterocycles. The third-order valence-electron chi connectivity index (χ3n) is 2.91. The van der Waals surface area contributed by atoms with Crippen molar-refractivity contribution < 1.29 is 9.90 Å². The van der Waals surface area contributed by atoms with Crippen molar-refractivity contribution in [3.8, 4) is 5.75 Å². The molecule has 3 N–H and O–H groups in total. The van der Waals surface area contributed by atoms with Gasteiger partial charge in [0.2, 0.25) is 5.91 Å². The van der Waals surface area contributed by atoms with Crippen LogP contribution in [0.25, 0.3) is 0 Å². The zero-order chi connectivity index (χ0) is 12.8. The molecule has 0 saturated carbocycles. The highest BCUT2D eigenvalue weighted by molar-refractivity contribution is 8.00. The van der Waals surface area contributed by atoms with Gasteiger partial charge in [0, 0.05) is 17.5 Å². The fraction of sp³-hybridized carbons (Fsp3) is 0.462. The van der Waals surface area contributed by atoms with Crippen LogP contribution in [0.4, 0.5) is 0 Å². The van der Waals surface area contributed by atoms with Crippen LogP contribution in [0.1, 0.15) is 12.8 Å². The molecule has 0 spiro atoms. The molecule has 4 nitrogen and oxygen atoms in total. The molecular weight excluding hydrogens is 284 g/mol. The maximum Gasteiger partial charge on any atom is 0.230 e. The number of benzene rings is 1. The summed E-state index contributed by atoms with van der Waals surface area (Å²) in [5.74, 6) is 0.718. The summed E-state index contributed by atoms with van der Waals surface area (Å²) in [5.41, 5.74) is 0. The summed E-state index contributed by atoms with van der Waals surface area (Å²) in [6.45, 7) is 1.78. The lowest BCUT2D eigenvalue weighted by molar-refractivity contribution is -0.118. The van der Waals surface area contributed by atoms with Crippen LogP contribution in [0, 0.1) is 0 Å². The third kappa shape index (κ3) is 5.72. The topological polar surface area (TPSA) is 61.4 Å². The number of thioether (sulfide) groups is 1. The Morgan fingerprint density at radius 1 is 1.42 bits per heavy atom. The van der Waals surface area contributed by atoms with E-state index in [1.165, 1.54) is 18.2 Å². The van der Waals surface area contributed by atoms with Gasteiger partial charge >= 0.3 is 0 Å². The molecule has 106 valence electrons. The number of nitrogens with one attached hydrogen (secondary N) is 2. The molecule has 1 unspecified atom stereocenters. The Hall–Kier alpha value is -0.910. The Bertz CT molecular complexity index is 394. The number of rotatable bonds is 5. The highest BCUT2D eigenvalue weighted by Crippen LogP contribution is 2.20. The van der Waals surface area contributed by atoms with Gasteiger partial charge in [-0.25, -0.2) is 0 Å². The van der Waals surface area contributed by atoms with E-state index in [-0.39, 0.29) is 24.1 Å². The molecule has 6 heteroatoms. The maximum atomic E-state index is 11.6. The lowest BCUT2D eigenvalue weighted by Crippen LogP contribution is -2.37. The second-order valence-corrected chi connectivity index (χ2v) is 5.43. The van der Waals surface area contributed by atoms with E-state index in [0.29, 0.717) is 11.8 Å². The minimum Gasteiger partial charge on any atom is -0.508 e. The molecule has 1 aliphatic rings. The molecule has 0 radical (unpaired) electrons. The van der Waals surface area contributed by atoms with Gasteiger partial charge in [0.05, 0.1) is 5.75 Å². The van der Waals surface area contributed by atoms with Crippen molar-refractivity contribution in [2.24, 2.45) is 0 Å². The molecule has 1 amide bonds. The van der Waals surface area contributed by atoms with Crippen LogP contribution in [0.15, 0.2) is 29.2 Å². The van der Waals surface area contributed by atoms with Crippen LogP contribution in [0.2, 0.25) is 0 Å². The Balaban J connectivity index is 0.00000180. The minimum absolute atomic E-state index is 0. The van der Waals surface area contributed by atoms with E-state index in [0.717, 1.165) is 24.4 Å². The van der Waals surface area contributed by atoms with Gasteiger partial charge in [-0.15, -0.1) is 24.2 Å². The number of hydrogen-bond donors (Lipinski definition) is 3. The van der Waals surface area contributed by atoms with E-state index in [1.54, 1.807) is 12.1 Å². The average molecular weight is 303 g/mol. The average Bonchev–Trinajstić information content (AvgIpc) is 2.89. The molecule has 0 bridgehead atoms. The molecule has 1 aromatic rings. The number of carbonyl (C=O) groups is 1. The number of carbonyl (C=O) groups excluding carboxylic acids is 1. The van der Waals surface area contributed by atoms with E-state index in [4.69, 9.17) is 5.11 Å². The molecule has 0 aromatic heterocycles. The highest BCUT2D eigenvalue weighted by atomic mass is 35.5. The summed E-state index contributed by atoms with van der Waals surface area (Å²) in [4.78, 5) is 12.6. The second-order valence-electron chi connectivity index (χ2n) is 4.38. The van der Waals surface area contributed by atoms with Crippen molar-refractivity contribution in [1.29, 1.82) is 0 Å². The number of hydrogen-bond acceptors (Lipinski definition) is 4. The minimum atomic E-state index is 0. The fourth-order valence-electron chi connectivity index (χ4n) is 1.91. The Morgan fingerprint density at radius 3 is 2.79 bits per heavy atom. The quantitative estimate of drug-likeness (QED) is 0.726. The fourth-order valence-corrected chi connectivity index (χ4v) is 2.64. The standard InChI is InChI=1S/C13H18N2O2S.ClH/c16-11-3-5-12(6-4-11)18-9-13(17)15-8-10-2-1-7-14-10;/h3-6,10,14,16H,1-2,7-9H2,(H,15,17);1H. The number of phenols is 1. The summed E-state index contributed by atoms with van der Waals surface area (Å²) < 4.78 is 0.